The van der Waals surface area contributed by atoms with Crippen molar-refractivity contribution in [3.8, 4) is 0 Å². The van der Waals surface area contributed by atoms with Crippen LogP contribution in [0.4, 0.5) is 5.82 Å². The molecule has 2 aromatic rings. The summed E-state index contributed by atoms with van der Waals surface area (Å²) in [5.41, 5.74) is 0. The molecule has 86 valence electrons. The molecule has 0 aromatic carbocycles. The van der Waals surface area contributed by atoms with Gasteiger partial charge in [-0.3, -0.25) is 0 Å². The van der Waals surface area contributed by atoms with Crippen LogP contribution in [0.5, 0.6) is 0 Å². The third-order valence-electron chi connectivity index (χ3n) is 2.56. The Morgan fingerprint density at radius 1 is 1.50 bits per heavy atom. The van der Waals surface area contributed by atoms with Crippen molar-refractivity contribution in [1.82, 2.24) is 4.98 Å². The van der Waals surface area contributed by atoms with E-state index in [1.54, 1.807) is 11.3 Å². The number of aliphatic hydroxyl groups excluding tert-OH is 1. The van der Waals surface area contributed by atoms with Crippen LogP contribution >= 0.6 is 11.3 Å². The average molecular weight is 236 g/mol. The van der Waals surface area contributed by atoms with Gasteiger partial charge in [-0.2, -0.15) is 0 Å². The van der Waals surface area contributed by atoms with Gasteiger partial charge < -0.3 is 10.4 Å². The van der Waals surface area contributed by atoms with Crippen molar-refractivity contribution in [2.24, 2.45) is 0 Å². The molecular formula is C12H16N2OS. The van der Waals surface area contributed by atoms with Crippen LogP contribution in [0.1, 0.15) is 19.8 Å². The molecular weight excluding hydrogens is 220 g/mol. The number of nitrogens with zero attached hydrogens (tertiary/aromatic N) is 1. The van der Waals surface area contributed by atoms with Crippen molar-refractivity contribution in [3.05, 3.63) is 23.7 Å². The SMILES string of the molecule is CC(CCCO)Nc1nccc2sccc12. The molecule has 16 heavy (non-hydrogen) atoms. The van der Waals surface area contributed by atoms with Crippen molar-refractivity contribution in [1.29, 1.82) is 0 Å². The van der Waals surface area contributed by atoms with Crippen LogP contribution in [0.3, 0.4) is 0 Å². The number of pyridine rings is 1. The minimum absolute atomic E-state index is 0.252. The van der Waals surface area contributed by atoms with E-state index in [1.165, 1.54) is 10.1 Å². The molecule has 0 saturated heterocycles. The number of thiophene rings is 1. The molecule has 0 aliphatic heterocycles. The number of hydrogen-bond donors (Lipinski definition) is 2. The smallest absolute Gasteiger partial charge is 0.134 e. The maximum absolute atomic E-state index is 8.78. The summed E-state index contributed by atoms with van der Waals surface area (Å²) >= 11 is 1.73. The van der Waals surface area contributed by atoms with Gasteiger partial charge in [-0.1, -0.05) is 0 Å². The first-order chi connectivity index (χ1) is 7.81. The lowest BCUT2D eigenvalue weighted by atomic mass is 10.2. The first kappa shape index (κ1) is 11.4. The minimum atomic E-state index is 0.252. The Labute approximate surface area is 99.1 Å². The van der Waals surface area contributed by atoms with E-state index in [9.17, 15) is 0 Å². The predicted molar refractivity (Wildman–Crippen MR) is 69.0 cm³/mol. The highest BCUT2D eigenvalue weighted by atomic mass is 32.1. The Morgan fingerprint density at radius 2 is 2.38 bits per heavy atom. The van der Waals surface area contributed by atoms with E-state index < -0.39 is 0 Å². The van der Waals surface area contributed by atoms with Gasteiger partial charge in [0.25, 0.3) is 0 Å². The standard InChI is InChI=1S/C12H16N2OS/c1-9(3-2-7-15)14-12-10-5-8-16-11(10)4-6-13-12/h4-6,8-9,15H,2-3,7H2,1H3,(H,13,14). The summed E-state index contributed by atoms with van der Waals surface area (Å²) in [5, 5.41) is 15.4. The predicted octanol–water partition coefficient (Wildman–Crippen LogP) is 2.87. The van der Waals surface area contributed by atoms with E-state index in [0.717, 1.165) is 18.7 Å². The molecule has 0 spiro atoms. The summed E-state index contributed by atoms with van der Waals surface area (Å²) in [6, 6.07) is 4.46. The number of anilines is 1. The van der Waals surface area contributed by atoms with Crippen molar-refractivity contribution >= 4 is 27.2 Å². The van der Waals surface area contributed by atoms with Crippen LogP contribution in [0, 0.1) is 0 Å². The molecule has 1 unspecified atom stereocenters. The van der Waals surface area contributed by atoms with Gasteiger partial charge in [-0.05, 0) is 37.3 Å². The first-order valence-electron chi connectivity index (χ1n) is 5.51. The zero-order valence-electron chi connectivity index (χ0n) is 9.31. The van der Waals surface area contributed by atoms with Gasteiger partial charge in [-0.15, -0.1) is 11.3 Å². The quantitative estimate of drug-likeness (QED) is 0.839. The average Bonchev–Trinajstić information content (AvgIpc) is 2.75. The Hall–Kier alpha value is -1.13. The normalized spacial score (nSPS) is 12.9. The number of fused-ring (bicyclic) bond motifs is 1. The summed E-state index contributed by atoms with van der Waals surface area (Å²) in [6.07, 6.45) is 3.62. The van der Waals surface area contributed by atoms with Crippen LogP contribution in [-0.2, 0) is 0 Å². The van der Waals surface area contributed by atoms with E-state index in [4.69, 9.17) is 5.11 Å². The van der Waals surface area contributed by atoms with Gasteiger partial charge in [0.15, 0.2) is 0 Å². The van der Waals surface area contributed by atoms with Crippen LogP contribution in [0.2, 0.25) is 0 Å². The van der Waals surface area contributed by atoms with Gasteiger partial charge >= 0.3 is 0 Å². The fourth-order valence-corrected chi connectivity index (χ4v) is 2.49. The van der Waals surface area contributed by atoms with Crippen LogP contribution in [-0.4, -0.2) is 22.7 Å². The number of aliphatic hydroxyl groups is 1. The maximum atomic E-state index is 8.78. The van der Waals surface area contributed by atoms with E-state index in [1.807, 2.05) is 12.3 Å². The van der Waals surface area contributed by atoms with E-state index in [0.29, 0.717) is 6.04 Å². The Kier molecular flexibility index (Phi) is 3.74. The van der Waals surface area contributed by atoms with Crippen molar-refractivity contribution in [2.45, 2.75) is 25.8 Å². The number of hydrogen-bond acceptors (Lipinski definition) is 4. The Balaban J connectivity index is 2.11. The van der Waals surface area contributed by atoms with Crippen LogP contribution in [0.25, 0.3) is 10.1 Å². The van der Waals surface area contributed by atoms with E-state index >= 15 is 0 Å². The summed E-state index contributed by atoms with van der Waals surface area (Å²) in [5.74, 6) is 0.948. The van der Waals surface area contributed by atoms with Crippen molar-refractivity contribution < 1.29 is 5.11 Å². The Bertz CT molecular complexity index is 455. The lowest BCUT2D eigenvalue weighted by Crippen LogP contribution is -2.16. The second kappa shape index (κ2) is 5.27. The van der Waals surface area contributed by atoms with Crippen LogP contribution < -0.4 is 5.32 Å². The van der Waals surface area contributed by atoms with Crippen molar-refractivity contribution in [3.63, 3.8) is 0 Å². The molecule has 2 aromatic heterocycles. The van der Waals surface area contributed by atoms with E-state index in [-0.39, 0.29) is 6.61 Å². The molecule has 0 amide bonds. The van der Waals surface area contributed by atoms with Gasteiger partial charge in [0, 0.05) is 28.9 Å². The summed E-state index contributed by atoms with van der Waals surface area (Å²) in [6.45, 7) is 2.37. The molecule has 0 fully saturated rings. The lowest BCUT2D eigenvalue weighted by molar-refractivity contribution is 0.282. The third-order valence-corrected chi connectivity index (χ3v) is 3.44. The molecule has 0 radical (unpaired) electrons. The largest absolute Gasteiger partial charge is 0.396 e. The molecule has 0 saturated carbocycles. The van der Waals surface area contributed by atoms with Crippen molar-refractivity contribution in [2.75, 3.05) is 11.9 Å². The molecule has 1 atom stereocenters. The summed E-state index contributed by atoms with van der Waals surface area (Å²) in [4.78, 5) is 4.36. The molecule has 0 aliphatic rings. The second-order valence-corrected chi connectivity index (χ2v) is 4.85. The summed E-state index contributed by atoms with van der Waals surface area (Å²) < 4.78 is 1.26. The Morgan fingerprint density at radius 3 is 3.19 bits per heavy atom. The topological polar surface area (TPSA) is 45.1 Å². The molecule has 3 nitrogen and oxygen atoms in total. The second-order valence-electron chi connectivity index (χ2n) is 3.90. The molecule has 2 heterocycles. The lowest BCUT2D eigenvalue weighted by Gasteiger charge is -2.14. The monoisotopic (exact) mass is 236 g/mol. The number of nitrogens with one attached hydrogen (secondary N) is 1. The maximum Gasteiger partial charge on any atom is 0.134 e. The molecule has 2 N–H and O–H groups in total. The first-order valence-corrected chi connectivity index (χ1v) is 6.39. The number of rotatable bonds is 5. The van der Waals surface area contributed by atoms with E-state index in [2.05, 4.69) is 28.7 Å². The fraction of sp³-hybridized carbons (Fsp3) is 0.417. The fourth-order valence-electron chi connectivity index (χ4n) is 1.71. The highest BCUT2D eigenvalue weighted by molar-refractivity contribution is 7.17. The van der Waals surface area contributed by atoms with Gasteiger partial charge in [0.1, 0.15) is 5.82 Å². The third kappa shape index (κ3) is 2.51. The highest BCUT2D eigenvalue weighted by Crippen LogP contribution is 2.26. The van der Waals surface area contributed by atoms with Gasteiger partial charge in [-0.25, -0.2) is 4.98 Å². The van der Waals surface area contributed by atoms with Crippen LogP contribution in [0.15, 0.2) is 23.7 Å². The zero-order valence-corrected chi connectivity index (χ0v) is 10.1. The summed E-state index contributed by atoms with van der Waals surface area (Å²) in [7, 11) is 0. The highest BCUT2D eigenvalue weighted by Gasteiger charge is 2.06. The molecule has 4 heteroatoms. The van der Waals surface area contributed by atoms with Gasteiger partial charge in [0.2, 0.25) is 0 Å². The molecule has 0 aliphatic carbocycles. The molecule has 2 rings (SSSR count). The number of aromatic nitrogens is 1. The minimum Gasteiger partial charge on any atom is -0.396 e. The molecule has 0 bridgehead atoms. The zero-order chi connectivity index (χ0) is 11.4. The van der Waals surface area contributed by atoms with Gasteiger partial charge in [0.05, 0.1) is 0 Å².